The van der Waals surface area contributed by atoms with Crippen molar-refractivity contribution in [3.63, 3.8) is 0 Å². The molecule has 0 spiro atoms. The first-order chi connectivity index (χ1) is 23.2. The van der Waals surface area contributed by atoms with Crippen LogP contribution in [0.3, 0.4) is 0 Å². The summed E-state index contributed by atoms with van der Waals surface area (Å²) in [6.07, 6.45) is 2.04. The van der Waals surface area contributed by atoms with Crippen LogP contribution in [-0.2, 0) is 5.41 Å². The summed E-state index contributed by atoms with van der Waals surface area (Å²) in [5.74, 6) is 1.38. The zero-order valence-corrected chi connectivity index (χ0v) is 26.5. The van der Waals surface area contributed by atoms with Crippen LogP contribution in [0.15, 0.2) is 152 Å². The molecule has 5 atom stereocenters. The van der Waals surface area contributed by atoms with Gasteiger partial charge in [0.2, 0.25) is 0 Å². The minimum absolute atomic E-state index is 0.0392. The maximum atomic E-state index is 5.03. The number of aromatic nitrogens is 1. The van der Waals surface area contributed by atoms with Crippen LogP contribution in [0, 0.1) is 5.92 Å². The number of fused-ring (bicyclic) bond motifs is 10. The molecule has 6 aromatic rings. The SMILES string of the molecule is CC1C2N(c3ccccc3)c3cccnc3N2c2ccccc2C1(C)C1c2ccccc2N2c3ccccc3N(c3ccccc3)C12. The monoisotopic (exact) mass is 609 g/mol. The Labute approximate surface area is 276 Å². The van der Waals surface area contributed by atoms with Crippen molar-refractivity contribution in [2.45, 2.75) is 37.5 Å². The number of hydrogen-bond donors (Lipinski definition) is 0. The molecule has 4 aliphatic heterocycles. The highest BCUT2D eigenvalue weighted by Gasteiger charge is 2.62. The number of nitrogens with zero attached hydrogens (tertiary/aromatic N) is 5. The van der Waals surface area contributed by atoms with E-state index in [1.807, 2.05) is 6.20 Å². The molecule has 5 heterocycles. The summed E-state index contributed by atoms with van der Waals surface area (Å²) < 4.78 is 0. The Morgan fingerprint density at radius 3 is 1.72 bits per heavy atom. The lowest BCUT2D eigenvalue weighted by Gasteiger charge is -2.55. The molecule has 1 aromatic heterocycles. The second kappa shape index (κ2) is 9.73. The van der Waals surface area contributed by atoms with Crippen LogP contribution in [0.4, 0.5) is 45.6 Å². The van der Waals surface area contributed by atoms with Gasteiger partial charge in [0.25, 0.3) is 0 Å². The number of para-hydroxylation sites is 6. The van der Waals surface area contributed by atoms with Gasteiger partial charge in [0.15, 0.2) is 5.82 Å². The van der Waals surface area contributed by atoms with Crippen LogP contribution in [0.25, 0.3) is 0 Å². The van der Waals surface area contributed by atoms with Crippen molar-refractivity contribution in [3.8, 4) is 0 Å². The van der Waals surface area contributed by atoms with Crippen molar-refractivity contribution < 1.29 is 0 Å². The molecule has 0 radical (unpaired) electrons. The van der Waals surface area contributed by atoms with Crippen molar-refractivity contribution in [1.82, 2.24) is 4.98 Å². The Kier molecular flexibility index (Phi) is 5.51. The molecule has 10 rings (SSSR count). The van der Waals surface area contributed by atoms with E-state index in [0.29, 0.717) is 0 Å². The maximum Gasteiger partial charge on any atom is 0.158 e. The summed E-state index contributed by atoms with van der Waals surface area (Å²) in [4.78, 5) is 15.3. The lowest BCUT2D eigenvalue weighted by atomic mass is 9.58. The third-order valence-electron chi connectivity index (χ3n) is 11.4. The zero-order chi connectivity index (χ0) is 31.3. The summed E-state index contributed by atoms with van der Waals surface area (Å²) in [5.41, 5.74) is 11.2. The van der Waals surface area contributed by atoms with E-state index in [4.69, 9.17) is 4.98 Å². The van der Waals surface area contributed by atoms with Crippen LogP contribution >= 0.6 is 0 Å². The van der Waals surface area contributed by atoms with Gasteiger partial charge in [-0.25, -0.2) is 4.98 Å². The molecular weight excluding hydrogens is 574 g/mol. The van der Waals surface area contributed by atoms with Gasteiger partial charge in [-0.1, -0.05) is 98.8 Å². The average Bonchev–Trinajstić information content (AvgIpc) is 3.77. The van der Waals surface area contributed by atoms with Crippen LogP contribution in [0.1, 0.15) is 30.9 Å². The van der Waals surface area contributed by atoms with Crippen LogP contribution < -0.4 is 19.6 Å². The van der Waals surface area contributed by atoms with Crippen molar-refractivity contribution in [2.24, 2.45) is 5.92 Å². The van der Waals surface area contributed by atoms with Gasteiger partial charge < -0.3 is 19.6 Å². The summed E-state index contributed by atoms with van der Waals surface area (Å²) in [7, 11) is 0. The topological polar surface area (TPSA) is 25.9 Å². The van der Waals surface area contributed by atoms with Gasteiger partial charge in [-0.15, -0.1) is 0 Å². The third kappa shape index (κ3) is 3.41. The van der Waals surface area contributed by atoms with E-state index in [1.54, 1.807) is 0 Å². The molecular formula is C42H35N5. The smallest absolute Gasteiger partial charge is 0.158 e. The predicted octanol–water partition coefficient (Wildman–Crippen LogP) is 10.0. The number of anilines is 8. The van der Waals surface area contributed by atoms with Crippen molar-refractivity contribution in [2.75, 3.05) is 19.6 Å². The molecule has 0 fully saturated rings. The van der Waals surface area contributed by atoms with Gasteiger partial charge >= 0.3 is 0 Å². The quantitative estimate of drug-likeness (QED) is 0.199. The summed E-state index contributed by atoms with van der Waals surface area (Å²) in [6.45, 7) is 5.03. The third-order valence-corrected chi connectivity index (χ3v) is 11.4. The number of hydrogen-bond acceptors (Lipinski definition) is 5. The predicted molar refractivity (Wildman–Crippen MR) is 192 cm³/mol. The average molecular weight is 610 g/mol. The summed E-state index contributed by atoms with van der Waals surface area (Å²) in [5, 5.41) is 0. The van der Waals surface area contributed by atoms with Gasteiger partial charge in [0, 0.05) is 46.2 Å². The van der Waals surface area contributed by atoms with E-state index >= 15 is 0 Å². The molecule has 0 amide bonds. The number of pyridine rings is 1. The first-order valence-corrected chi connectivity index (χ1v) is 16.7. The Bertz CT molecular complexity index is 2130. The van der Waals surface area contributed by atoms with Crippen LogP contribution in [-0.4, -0.2) is 17.3 Å². The fourth-order valence-electron chi connectivity index (χ4n) is 9.36. The van der Waals surface area contributed by atoms with Gasteiger partial charge in [-0.2, -0.15) is 0 Å². The molecule has 0 bridgehead atoms. The van der Waals surface area contributed by atoms with E-state index in [9.17, 15) is 0 Å². The van der Waals surface area contributed by atoms with Gasteiger partial charge in [0.1, 0.15) is 12.3 Å². The molecule has 0 aliphatic carbocycles. The molecule has 4 aliphatic rings. The highest BCUT2D eigenvalue weighted by atomic mass is 15.5. The van der Waals surface area contributed by atoms with Crippen molar-refractivity contribution in [3.05, 3.63) is 163 Å². The molecule has 47 heavy (non-hydrogen) atoms. The van der Waals surface area contributed by atoms with Crippen LogP contribution in [0.5, 0.6) is 0 Å². The minimum atomic E-state index is -0.266. The second-order valence-electron chi connectivity index (χ2n) is 13.4. The number of benzene rings is 5. The zero-order valence-electron chi connectivity index (χ0n) is 26.5. The molecule has 5 unspecified atom stereocenters. The first kappa shape index (κ1) is 26.6. The lowest BCUT2D eigenvalue weighted by molar-refractivity contribution is 0.202. The Morgan fingerprint density at radius 1 is 0.489 bits per heavy atom. The molecule has 0 saturated heterocycles. The largest absolute Gasteiger partial charge is 0.318 e. The molecule has 5 nitrogen and oxygen atoms in total. The first-order valence-electron chi connectivity index (χ1n) is 16.7. The van der Waals surface area contributed by atoms with E-state index in [0.717, 1.165) is 11.5 Å². The molecule has 228 valence electrons. The van der Waals surface area contributed by atoms with E-state index in [-0.39, 0.29) is 29.6 Å². The fraction of sp³-hybridized carbons (Fsp3) is 0.167. The maximum absolute atomic E-state index is 5.03. The molecule has 5 aromatic carbocycles. The highest BCUT2D eigenvalue weighted by molar-refractivity contribution is 5.93. The van der Waals surface area contributed by atoms with Crippen molar-refractivity contribution >= 4 is 45.6 Å². The molecule has 0 N–H and O–H groups in total. The summed E-state index contributed by atoms with van der Waals surface area (Å²) >= 11 is 0. The normalized spacial score (nSPS) is 24.7. The summed E-state index contributed by atoms with van der Waals surface area (Å²) in [6, 6.07) is 53.3. The van der Waals surface area contributed by atoms with Gasteiger partial charge in [-0.05, 0) is 71.8 Å². The molecule has 5 heteroatoms. The van der Waals surface area contributed by atoms with Gasteiger partial charge in [-0.3, -0.25) is 0 Å². The lowest BCUT2D eigenvalue weighted by Crippen LogP contribution is -2.59. The van der Waals surface area contributed by atoms with E-state index in [1.165, 1.54) is 45.3 Å². The standard InChI is InChI=1S/C42H35N5/c1-28-40-45(30-18-7-4-8-19-30)37-26-15-27-43-39(37)47(40)34-23-12-10-21-32(34)42(28,2)38-31-20-9-11-22-33(31)46-36-25-14-13-24-35(36)44(41(38)46)29-16-5-3-6-17-29/h3-28,38,40-41H,1-2H3. The van der Waals surface area contributed by atoms with Gasteiger partial charge in [0.05, 0.1) is 17.1 Å². The fourth-order valence-corrected chi connectivity index (χ4v) is 9.36. The highest BCUT2D eigenvalue weighted by Crippen LogP contribution is 2.67. The Balaban J connectivity index is 1.24. The molecule has 0 saturated carbocycles. The Hall–Kier alpha value is -5.55. The van der Waals surface area contributed by atoms with Crippen molar-refractivity contribution in [1.29, 1.82) is 0 Å². The Morgan fingerprint density at radius 2 is 1.02 bits per heavy atom. The van der Waals surface area contributed by atoms with E-state index in [2.05, 4.69) is 179 Å². The van der Waals surface area contributed by atoms with E-state index < -0.39 is 0 Å². The second-order valence-corrected chi connectivity index (χ2v) is 13.4. The number of rotatable bonds is 3. The van der Waals surface area contributed by atoms with Crippen LogP contribution in [0.2, 0.25) is 0 Å². The minimum Gasteiger partial charge on any atom is -0.318 e.